The van der Waals surface area contributed by atoms with Gasteiger partial charge >= 0.3 is 0 Å². The molecule has 1 aromatic carbocycles. The molecule has 6 nitrogen and oxygen atoms in total. The molecule has 0 N–H and O–H groups in total. The first kappa shape index (κ1) is 15.4. The van der Waals surface area contributed by atoms with E-state index in [-0.39, 0.29) is 17.0 Å². The normalized spacial score (nSPS) is 18.7. The second-order valence-electron chi connectivity index (χ2n) is 5.67. The smallest absolute Gasteiger partial charge is 0.282 e. The van der Waals surface area contributed by atoms with Crippen LogP contribution < -0.4 is 4.90 Å². The van der Waals surface area contributed by atoms with Crippen molar-refractivity contribution in [3.8, 4) is 0 Å². The fraction of sp³-hybridized carbons (Fsp3) is 0.533. The van der Waals surface area contributed by atoms with Crippen molar-refractivity contribution >= 4 is 17.2 Å². The number of hydrogen-bond donors (Lipinski definition) is 0. The van der Waals surface area contributed by atoms with Crippen molar-refractivity contribution in [3.63, 3.8) is 0 Å². The Morgan fingerprint density at radius 2 is 2.24 bits per heavy atom. The number of benzene rings is 1. The van der Waals surface area contributed by atoms with E-state index >= 15 is 0 Å². The molecule has 0 amide bonds. The van der Waals surface area contributed by atoms with Gasteiger partial charge in [0.1, 0.15) is 0 Å². The highest BCUT2D eigenvalue weighted by molar-refractivity contribution is 5.98. The fourth-order valence-corrected chi connectivity index (χ4v) is 2.84. The van der Waals surface area contributed by atoms with Crippen molar-refractivity contribution < 1.29 is 9.72 Å². The van der Waals surface area contributed by atoms with Gasteiger partial charge in [0.05, 0.1) is 10.5 Å². The van der Waals surface area contributed by atoms with E-state index in [1.165, 1.54) is 19.4 Å². The number of hydrogen-bond acceptors (Lipinski definition) is 5. The molecule has 1 aromatic rings. The van der Waals surface area contributed by atoms with Gasteiger partial charge in [0.25, 0.3) is 5.69 Å². The van der Waals surface area contributed by atoms with Crippen LogP contribution in [0, 0.1) is 10.1 Å². The Balaban J connectivity index is 2.21. The Kier molecular flexibility index (Phi) is 4.57. The molecule has 0 aliphatic carbocycles. The first-order valence-electron chi connectivity index (χ1n) is 7.11. The van der Waals surface area contributed by atoms with Crippen LogP contribution in [0.2, 0.25) is 0 Å². The molecular formula is C15H21N3O3. The lowest BCUT2D eigenvalue weighted by molar-refractivity contribution is -0.385. The number of ketones is 1. The zero-order valence-electron chi connectivity index (χ0n) is 12.7. The third kappa shape index (κ3) is 3.39. The first-order valence-corrected chi connectivity index (χ1v) is 7.11. The number of likely N-dealkylation sites (tertiary alicyclic amines) is 1. The number of rotatable bonds is 5. The molecule has 1 fully saturated rings. The van der Waals surface area contributed by atoms with Crippen molar-refractivity contribution in [1.82, 2.24) is 4.90 Å². The summed E-state index contributed by atoms with van der Waals surface area (Å²) in [5.41, 5.74) is 0.814. The summed E-state index contributed by atoms with van der Waals surface area (Å²) in [6, 6.07) is 5.29. The number of carbonyl (C=O) groups is 1. The maximum Gasteiger partial charge on any atom is 0.282 e. The molecule has 2 rings (SSSR count). The van der Waals surface area contributed by atoms with Crippen molar-refractivity contribution in [2.24, 2.45) is 0 Å². The molecule has 1 aliphatic heterocycles. The SMILES string of the molecule is CC(=O)c1ccc(N(C)CC2CCCN2C)cc1[N+](=O)[O-]. The Morgan fingerprint density at radius 3 is 2.76 bits per heavy atom. The van der Waals surface area contributed by atoms with E-state index in [0.29, 0.717) is 6.04 Å². The quantitative estimate of drug-likeness (QED) is 0.473. The highest BCUT2D eigenvalue weighted by Crippen LogP contribution is 2.26. The summed E-state index contributed by atoms with van der Waals surface area (Å²) in [7, 11) is 4.03. The monoisotopic (exact) mass is 291 g/mol. The number of anilines is 1. The van der Waals surface area contributed by atoms with E-state index in [1.807, 2.05) is 11.9 Å². The van der Waals surface area contributed by atoms with Gasteiger partial charge < -0.3 is 9.80 Å². The predicted molar refractivity (Wildman–Crippen MR) is 82.0 cm³/mol. The van der Waals surface area contributed by atoms with Crippen molar-refractivity contribution in [2.45, 2.75) is 25.8 Å². The third-order valence-corrected chi connectivity index (χ3v) is 4.15. The molecule has 6 heteroatoms. The number of nitro benzene ring substituents is 1. The third-order valence-electron chi connectivity index (χ3n) is 4.15. The van der Waals surface area contributed by atoms with Gasteiger partial charge in [-0.1, -0.05) is 0 Å². The van der Waals surface area contributed by atoms with E-state index in [1.54, 1.807) is 12.1 Å². The molecule has 21 heavy (non-hydrogen) atoms. The molecule has 0 aromatic heterocycles. The molecular weight excluding hydrogens is 270 g/mol. The van der Waals surface area contributed by atoms with Gasteiger partial charge in [0.2, 0.25) is 0 Å². The Labute approximate surface area is 124 Å². The summed E-state index contributed by atoms with van der Waals surface area (Å²) >= 11 is 0. The van der Waals surface area contributed by atoms with Gasteiger partial charge in [-0.3, -0.25) is 14.9 Å². The second kappa shape index (κ2) is 6.22. The highest BCUT2D eigenvalue weighted by atomic mass is 16.6. The van der Waals surface area contributed by atoms with Crippen LogP contribution in [-0.4, -0.2) is 48.8 Å². The lowest BCUT2D eigenvalue weighted by Crippen LogP contribution is -2.36. The van der Waals surface area contributed by atoms with Crippen LogP contribution in [0.5, 0.6) is 0 Å². The Morgan fingerprint density at radius 1 is 1.52 bits per heavy atom. The molecule has 0 saturated carbocycles. The topological polar surface area (TPSA) is 66.7 Å². The molecule has 1 heterocycles. The maximum absolute atomic E-state index is 11.4. The first-order chi connectivity index (χ1) is 9.90. The molecule has 0 radical (unpaired) electrons. The number of nitrogens with zero attached hydrogens (tertiary/aromatic N) is 3. The average Bonchev–Trinajstić information content (AvgIpc) is 2.83. The summed E-state index contributed by atoms with van der Waals surface area (Å²) in [5, 5.41) is 11.1. The summed E-state index contributed by atoms with van der Waals surface area (Å²) < 4.78 is 0. The van der Waals surface area contributed by atoms with Crippen LogP contribution in [0.3, 0.4) is 0 Å². The van der Waals surface area contributed by atoms with Crippen LogP contribution >= 0.6 is 0 Å². The molecule has 1 saturated heterocycles. The lowest BCUT2D eigenvalue weighted by atomic mass is 10.1. The molecule has 0 bridgehead atoms. The van der Waals surface area contributed by atoms with Crippen LogP contribution in [0.4, 0.5) is 11.4 Å². The van der Waals surface area contributed by atoms with Gasteiger partial charge in [-0.05, 0) is 45.5 Å². The van der Waals surface area contributed by atoms with Crippen molar-refractivity contribution in [1.29, 1.82) is 0 Å². The van der Waals surface area contributed by atoms with Crippen molar-refractivity contribution in [3.05, 3.63) is 33.9 Å². The minimum atomic E-state index is -0.490. The highest BCUT2D eigenvalue weighted by Gasteiger charge is 2.24. The maximum atomic E-state index is 11.4. The van der Waals surface area contributed by atoms with E-state index in [0.717, 1.165) is 25.2 Å². The standard InChI is InChI=1S/C15H21N3O3/c1-11(19)14-7-6-12(9-15(14)18(20)21)17(3)10-13-5-4-8-16(13)2/h6-7,9,13H,4-5,8,10H2,1-3H3. The van der Waals surface area contributed by atoms with E-state index in [2.05, 4.69) is 11.9 Å². The molecule has 114 valence electrons. The predicted octanol–water partition coefficient (Wildman–Crippen LogP) is 2.33. The Bertz CT molecular complexity index is 559. The van der Waals surface area contributed by atoms with E-state index in [4.69, 9.17) is 0 Å². The van der Waals surface area contributed by atoms with E-state index < -0.39 is 4.92 Å². The van der Waals surface area contributed by atoms with Crippen LogP contribution in [0.25, 0.3) is 0 Å². The summed E-state index contributed by atoms with van der Waals surface area (Å²) in [6.07, 6.45) is 2.34. The molecule has 0 spiro atoms. The molecule has 1 unspecified atom stereocenters. The number of nitro groups is 1. The summed E-state index contributed by atoms with van der Waals surface area (Å²) in [4.78, 5) is 26.4. The Hall–Kier alpha value is -1.95. The lowest BCUT2D eigenvalue weighted by Gasteiger charge is -2.27. The van der Waals surface area contributed by atoms with Crippen LogP contribution in [0.15, 0.2) is 18.2 Å². The van der Waals surface area contributed by atoms with Gasteiger partial charge in [0, 0.05) is 31.4 Å². The minimum Gasteiger partial charge on any atom is -0.373 e. The van der Waals surface area contributed by atoms with Gasteiger partial charge in [0.15, 0.2) is 5.78 Å². The van der Waals surface area contributed by atoms with Crippen LogP contribution in [-0.2, 0) is 0 Å². The van der Waals surface area contributed by atoms with Gasteiger partial charge in [-0.2, -0.15) is 0 Å². The second-order valence-corrected chi connectivity index (χ2v) is 5.67. The molecule has 1 aliphatic rings. The fourth-order valence-electron chi connectivity index (χ4n) is 2.84. The molecule has 1 atom stereocenters. The van der Waals surface area contributed by atoms with Gasteiger partial charge in [-0.15, -0.1) is 0 Å². The number of carbonyl (C=O) groups excluding carboxylic acids is 1. The van der Waals surface area contributed by atoms with Gasteiger partial charge in [-0.25, -0.2) is 0 Å². The zero-order valence-corrected chi connectivity index (χ0v) is 12.7. The number of likely N-dealkylation sites (N-methyl/N-ethyl adjacent to an activating group) is 2. The van der Waals surface area contributed by atoms with Crippen molar-refractivity contribution in [2.75, 3.05) is 32.1 Å². The zero-order chi connectivity index (χ0) is 15.6. The number of Topliss-reactive ketones (excluding diaryl/α,β-unsaturated/α-hetero) is 1. The van der Waals surface area contributed by atoms with E-state index in [9.17, 15) is 14.9 Å². The largest absolute Gasteiger partial charge is 0.373 e. The van der Waals surface area contributed by atoms with Crippen LogP contribution in [0.1, 0.15) is 30.1 Å². The average molecular weight is 291 g/mol. The summed E-state index contributed by atoms with van der Waals surface area (Å²) in [6.45, 7) is 3.27. The minimum absolute atomic E-state index is 0.119. The summed E-state index contributed by atoms with van der Waals surface area (Å²) in [5.74, 6) is -0.286.